The third-order valence-corrected chi connectivity index (χ3v) is 5.59. The summed E-state index contributed by atoms with van der Waals surface area (Å²) in [7, 11) is 1.72. The maximum atomic E-state index is 13.4. The maximum Gasteiger partial charge on any atom is 0.417 e. The second kappa shape index (κ2) is 8.18. The summed E-state index contributed by atoms with van der Waals surface area (Å²) in [6.07, 6.45) is 0.0847. The summed E-state index contributed by atoms with van der Waals surface area (Å²) in [5.41, 5.74) is -1.05. The van der Waals surface area contributed by atoms with E-state index in [9.17, 15) is 22.8 Å². The number of nitrogens with zero attached hydrogens (tertiary/aromatic N) is 5. The minimum atomic E-state index is -4.68. The summed E-state index contributed by atoms with van der Waals surface area (Å²) in [4.78, 5) is 33.1. The number of halogens is 3. The molecular weight excluding hydrogens is 425 g/mol. The maximum absolute atomic E-state index is 13.4. The molecule has 1 unspecified atom stereocenters. The van der Waals surface area contributed by atoms with Gasteiger partial charge in [0.05, 0.1) is 23.5 Å². The lowest BCUT2D eigenvalue weighted by Crippen LogP contribution is -2.61. The molecule has 2 heterocycles. The molecule has 1 aliphatic heterocycles. The van der Waals surface area contributed by atoms with Crippen molar-refractivity contribution >= 4 is 17.5 Å². The van der Waals surface area contributed by atoms with Gasteiger partial charge in [0.25, 0.3) is 5.91 Å². The van der Waals surface area contributed by atoms with E-state index in [0.29, 0.717) is 0 Å². The van der Waals surface area contributed by atoms with Gasteiger partial charge < -0.3 is 19.7 Å². The van der Waals surface area contributed by atoms with Crippen molar-refractivity contribution in [1.82, 2.24) is 19.8 Å². The molecule has 1 aliphatic carbocycles. The Morgan fingerprint density at radius 2 is 2.00 bits per heavy atom. The van der Waals surface area contributed by atoms with Crippen LogP contribution in [0.2, 0.25) is 0 Å². The first-order valence-electron chi connectivity index (χ1n) is 10.1. The number of amides is 2. The minimum absolute atomic E-state index is 0.0281. The van der Waals surface area contributed by atoms with Gasteiger partial charge in [0.1, 0.15) is 11.7 Å². The zero-order chi connectivity index (χ0) is 23.0. The number of carbonyl (C=O) groups is 2. The summed E-state index contributed by atoms with van der Waals surface area (Å²) >= 11 is 0. The van der Waals surface area contributed by atoms with Crippen LogP contribution in [0, 0.1) is 11.3 Å². The Labute approximate surface area is 182 Å². The van der Waals surface area contributed by atoms with Crippen LogP contribution in [0.1, 0.15) is 34.5 Å². The molecule has 1 saturated carbocycles. The Morgan fingerprint density at radius 1 is 1.25 bits per heavy atom. The molecule has 2 aromatic rings. The average Bonchev–Trinajstić information content (AvgIpc) is 3.48. The summed E-state index contributed by atoms with van der Waals surface area (Å²) in [6, 6.07) is 4.23. The quantitative estimate of drug-likeness (QED) is 0.775. The number of piperazine rings is 1. The van der Waals surface area contributed by atoms with Gasteiger partial charge in [-0.3, -0.25) is 9.59 Å². The molecule has 2 amide bonds. The van der Waals surface area contributed by atoms with Crippen molar-refractivity contribution in [1.29, 1.82) is 5.26 Å². The SMILES string of the molecule is Cn1cnc(C(=O)N2CCN(c3ccc(C#N)c(C(F)(F)F)c3)CC2C(=O)NC2CC2)c1. The van der Waals surface area contributed by atoms with Gasteiger partial charge in [0.2, 0.25) is 5.91 Å². The van der Waals surface area contributed by atoms with Crippen LogP contribution in [0.15, 0.2) is 30.7 Å². The van der Waals surface area contributed by atoms with E-state index in [1.807, 2.05) is 0 Å². The predicted molar refractivity (Wildman–Crippen MR) is 108 cm³/mol. The van der Waals surface area contributed by atoms with E-state index < -0.39 is 29.3 Å². The van der Waals surface area contributed by atoms with E-state index in [4.69, 9.17) is 5.26 Å². The van der Waals surface area contributed by atoms with Crippen LogP contribution in [0.5, 0.6) is 0 Å². The highest BCUT2D eigenvalue weighted by atomic mass is 19.4. The molecular formula is C21H21F3N6O2. The Bertz CT molecular complexity index is 1090. The fourth-order valence-electron chi connectivity index (χ4n) is 3.74. The number of alkyl halides is 3. The van der Waals surface area contributed by atoms with Gasteiger partial charge in [0.15, 0.2) is 0 Å². The third kappa shape index (κ3) is 4.39. The van der Waals surface area contributed by atoms with Crippen LogP contribution < -0.4 is 10.2 Å². The zero-order valence-electron chi connectivity index (χ0n) is 17.3. The summed E-state index contributed by atoms with van der Waals surface area (Å²) in [6.45, 7) is 0.398. The number of benzene rings is 1. The third-order valence-electron chi connectivity index (χ3n) is 5.59. The lowest BCUT2D eigenvalue weighted by molar-refractivity contribution is -0.137. The Hall–Kier alpha value is -3.55. The van der Waals surface area contributed by atoms with Crippen molar-refractivity contribution in [3.05, 3.63) is 47.5 Å². The Balaban J connectivity index is 1.61. The summed E-state index contributed by atoms with van der Waals surface area (Å²) < 4.78 is 41.8. The predicted octanol–water partition coefficient (Wildman–Crippen LogP) is 1.92. The highest BCUT2D eigenvalue weighted by Gasteiger charge is 2.39. The first-order valence-corrected chi connectivity index (χ1v) is 10.1. The standard InChI is InChI=1S/C21H21F3N6O2/c1-28-10-17(26-12-28)20(32)30-7-6-29(11-18(30)19(31)27-14-3-4-14)15-5-2-13(9-25)16(8-15)21(22,23)24/h2,5,8,10,12,14,18H,3-4,6-7,11H2,1H3,(H,27,31). The number of hydrogen-bond acceptors (Lipinski definition) is 5. The zero-order valence-corrected chi connectivity index (χ0v) is 17.3. The van der Waals surface area contributed by atoms with Crippen molar-refractivity contribution in [2.24, 2.45) is 7.05 Å². The molecule has 32 heavy (non-hydrogen) atoms. The van der Waals surface area contributed by atoms with E-state index in [1.165, 1.54) is 17.3 Å². The molecule has 2 aliphatic rings. The Morgan fingerprint density at radius 3 is 2.59 bits per heavy atom. The van der Waals surface area contributed by atoms with Gasteiger partial charge in [-0.15, -0.1) is 0 Å². The highest BCUT2D eigenvalue weighted by molar-refractivity contribution is 5.96. The van der Waals surface area contributed by atoms with E-state index in [-0.39, 0.29) is 43.0 Å². The molecule has 1 atom stereocenters. The van der Waals surface area contributed by atoms with Gasteiger partial charge in [-0.2, -0.15) is 18.4 Å². The second-order valence-corrected chi connectivity index (χ2v) is 8.01. The van der Waals surface area contributed by atoms with Crippen LogP contribution in [0.3, 0.4) is 0 Å². The monoisotopic (exact) mass is 446 g/mol. The number of nitrogens with one attached hydrogen (secondary N) is 1. The molecule has 0 bridgehead atoms. The van der Waals surface area contributed by atoms with Gasteiger partial charge >= 0.3 is 6.18 Å². The number of hydrogen-bond donors (Lipinski definition) is 1. The largest absolute Gasteiger partial charge is 0.417 e. The smallest absolute Gasteiger partial charge is 0.367 e. The van der Waals surface area contributed by atoms with Crippen LogP contribution in [-0.2, 0) is 18.0 Å². The first kappa shape index (κ1) is 21.7. The van der Waals surface area contributed by atoms with Gasteiger partial charge in [-0.25, -0.2) is 4.98 Å². The number of imidazole rings is 1. The lowest BCUT2D eigenvalue weighted by Gasteiger charge is -2.41. The number of aryl methyl sites for hydroxylation is 1. The van der Waals surface area contributed by atoms with Crippen molar-refractivity contribution in [2.75, 3.05) is 24.5 Å². The molecule has 168 valence electrons. The molecule has 11 heteroatoms. The number of rotatable bonds is 4. The fraction of sp³-hybridized carbons (Fsp3) is 0.429. The molecule has 2 fully saturated rings. The van der Waals surface area contributed by atoms with Crippen LogP contribution in [-0.4, -0.2) is 58.0 Å². The van der Waals surface area contributed by atoms with Crippen LogP contribution >= 0.6 is 0 Å². The molecule has 8 nitrogen and oxygen atoms in total. The van der Waals surface area contributed by atoms with Crippen LogP contribution in [0.25, 0.3) is 0 Å². The molecule has 1 aromatic carbocycles. The van der Waals surface area contributed by atoms with E-state index in [0.717, 1.165) is 25.0 Å². The van der Waals surface area contributed by atoms with Crippen LogP contribution in [0.4, 0.5) is 18.9 Å². The molecule has 0 radical (unpaired) electrons. The number of aromatic nitrogens is 2. The van der Waals surface area contributed by atoms with E-state index >= 15 is 0 Å². The second-order valence-electron chi connectivity index (χ2n) is 8.01. The molecule has 1 N–H and O–H groups in total. The average molecular weight is 446 g/mol. The van der Waals surface area contributed by atoms with Gasteiger partial charge in [-0.05, 0) is 31.0 Å². The van der Waals surface area contributed by atoms with Crippen molar-refractivity contribution in [2.45, 2.75) is 31.1 Å². The van der Waals surface area contributed by atoms with E-state index in [2.05, 4.69) is 10.3 Å². The number of anilines is 1. The number of carbonyl (C=O) groups excluding carboxylic acids is 2. The fourth-order valence-corrected chi connectivity index (χ4v) is 3.74. The molecule has 1 aromatic heterocycles. The van der Waals surface area contributed by atoms with Crippen molar-refractivity contribution < 1.29 is 22.8 Å². The molecule has 1 saturated heterocycles. The normalized spacial score (nSPS) is 18.9. The van der Waals surface area contributed by atoms with Gasteiger partial charge in [0, 0.05) is 44.6 Å². The summed E-state index contributed by atoms with van der Waals surface area (Å²) in [5.74, 6) is -0.747. The topological polar surface area (TPSA) is 94.3 Å². The molecule has 0 spiro atoms. The minimum Gasteiger partial charge on any atom is -0.367 e. The number of nitriles is 1. The summed E-state index contributed by atoms with van der Waals surface area (Å²) in [5, 5.41) is 11.9. The van der Waals surface area contributed by atoms with E-state index in [1.54, 1.807) is 28.8 Å². The first-order chi connectivity index (χ1) is 15.2. The van der Waals surface area contributed by atoms with Gasteiger partial charge in [-0.1, -0.05) is 0 Å². The molecule has 4 rings (SSSR count). The van der Waals surface area contributed by atoms with Crippen molar-refractivity contribution in [3.63, 3.8) is 0 Å². The van der Waals surface area contributed by atoms with Crippen molar-refractivity contribution in [3.8, 4) is 6.07 Å². The highest BCUT2D eigenvalue weighted by Crippen LogP contribution is 2.35. The Kier molecular flexibility index (Phi) is 5.54. The lowest BCUT2D eigenvalue weighted by atomic mass is 10.0.